The van der Waals surface area contributed by atoms with Crippen molar-refractivity contribution in [3.63, 3.8) is 0 Å². The Labute approximate surface area is 135 Å². The molecule has 0 saturated heterocycles. The number of hydrogen-bond donors (Lipinski definition) is 1. The SMILES string of the molecule is CCC(N)Cc1ccc(Oc2ccc(Br)c(C)c2)cc1C. The molecule has 3 heteroatoms. The first-order valence-corrected chi connectivity index (χ1v) is 8.08. The van der Waals surface area contributed by atoms with Gasteiger partial charge in [0.1, 0.15) is 11.5 Å². The molecule has 2 aromatic rings. The predicted molar refractivity (Wildman–Crippen MR) is 92.1 cm³/mol. The lowest BCUT2D eigenvalue weighted by atomic mass is 10.00. The van der Waals surface area contributed by atoms with E-state index >= 15 is 0 Å². The summed E-state index contributed by atoms with van der Waals surface area (Å²) in [7, 11) is 0. The van der Waals surface area contributed by atoms with Crippen molar-refractivity contribution in [2.75, 3.05) is 0 Å². The molecule has 112 valence electrons. The van der Waals surface area contributed by atoms with E-state index in [2.05, 4.69) is 48.8 Å². The van der Waals surface area contributed by atoms with Gasteiger partial charge in [-0.3, -0.25) is 0 Å². The molecule has 0 amide bonds. The average molecular weight is 348 g/mol. The molecule has 2 aromatic carbocycles. The minimum Gasteiger partial charge on any atom is -0.457 e. The summed E-state index contributed by atoms with van der Waals surface area (Å²) in [6, 6.07) is 12.4. The molecule has 0 spiro atoms. The molecule has 0 saturated carbocycles. The largest absolute Gasteiger partial charge is 0.457 e. The average Bonchev–Trinajstić information content (AvgIpc) is 2.45. The zero-order valence-corrected chi connectivity index (χ0v) is 14.4. The summed E-state index contributed by atoms with van der Waals surface area (Å²) in [6.45, 7) is 6.28. The third kappa shape index (κ3) is 4.32. The molecule has 2 N–H and O–H groups in total. The molecular formula is C18H22BrNO. The first kappa shape index (κ1) is 16.1. The Kier molecular flexibility index (Phi) is 5.43. The molecule has 0 aliphatic rings. The highest BCUT2D eigenvalue weighted by atomic mass is 79.9. The van der Waals surface area contributed by atoms with Crippen molar-refractivity contribution in [2.24, 2.45) is 5.73 Å². The quantitative estimate of drug-likeness (QED) is 0.812. The number of benzene rings is 2. The van der Waals surface area contributed by atoms with Crippen LogP contribution in [-0.4, -0.2) is 6.04 Å². The van der Waals surface area contributed by atoms with Crippen molar-refractivity contribution in [3.05, 3.63) is 57.6 Å². The van der Waals surface area contributed by atoms with Crippen LogP contribution in [0.3, 0.4) is 0 Å². The fourth-order valence-corrected chi connectivity index (χ4v) is 2.45. The summed E-state index contributed by atoms with van der Waals surface area (Å²) in [4.78, 5) is 0. The van der Waals surface area contributed by atoms with E-state index in [1.165, 1.54) is 11.1 Å². The summed E-state index contributed by atoms with van der Waals surface area (Å²) in [5.74, 6) is 1.72. The molecule has 2 nitrogen and oxygen atoms in total. The minimum absolute atomic E-state index is 0.226. The summed E-state index contributed by atoms with van der Waals surface area (Å²) in [5.41, 5.74) is 9.71. The van der Waals surface area contributed by atoms with Gasteiger partial charge in [-0.2, -0.15) is 0 Å². The van der Waals surface area contributed by atoms with Gasteiger partial charge < -0.3 is 10.5 Å². The van der Waals surface area contributed by atoms with E-state index in [4.69, 9.17) is 10.5 Å². The number of ether oxygens (including phenoxy) is 1. The van der Waals surface area contributed by atoms with Crippen molar-refractivity contribution in [1.29, 1.82) is 0 Å². The summed E-state index contributed by atoms with van der Waals surface area (Å²) < 4.78 is 7.02. The molecule has 0 heterocycles. The molecule has 0 aromatic heterocycles. The van der Waals surface area contributed by atoms with Crippen molar-refractivity contribution in [1.82, 2.24) is 0 Å². The van der Waals surface area contributed by atoms with E-state index in [1.807, 2.05) is 24.3 Å². The Balaban J connectivity index is 2.14. The number of rotatable bonds is 5. The highest BCUT2D eigenvalue weighted by molar-refractivity contribution is 9.10. The summed E-state index contributed by atoms with van der Waals surface area (Å²) >= 11 is 3.50. The van der Waals surface area contributed by atoms with Crippen molar-refractivity contribution >= 4 is 15.9 Å². The molecule has 0 aliphatic carbocycles. The second kappa shape index (κ2) is 7.10. The van der Waals surface area contributed by atoms with Crippen LogP contribution >= 0.6 is 15.9 Å². The van der Waals surface area contributed by atoms with Crippen molar-refractivity contribution in [2.45, 2.75) is 39.7 Å². The van der Waals surface area contributed by atoms with Gasteiger partial charge >= 0.3 is 0 Å². The van der Waals surface area contributed by atoms with Gasteiger partial charge in [-0.25, -0.2) is 0 Å². The van der Waals surface area contributed by atoms with Gasteiger partial charge in [-0.1, -0.05) is 28.9 Å². The van der Waals surface area contributed by atoms with E-state index < -0.39 is 0 Å². The highest BCUT2D eigenvalue weighted by Gasteiger charge is 2.07. The third-order valence-electron chi connectivity index (χ3n) is 3.69. The van der Waals surface area contributed by atoms with Crippen LogP contribution in [0, 0.1) is 13.8 Å². The zero-order valence-electron chi connectivity index (χ0n) is 12.8. The highest BCUT2D eigenvalue weighted by Crippen LogP contribution is 2.27. The van der Waals surface area contributed by atoms with Crippen LogP contribution in [-0.2, 0) is 6.42 Å². The maximum absolute atomic E-state index is 6.03. The Morgan fingerprint density at radius 3 is 2.24 bits per heavy atom. The molecule has 0 fully saturated rings. The fourth-order valence-electron chi connectivity index (χ4n) is 2.20. The zero-order chi connectivity index (χ0) is 15.4. The summed E-state index contributed by atoms with van der Waals surface area (Å²) in [5, 5.41) is 0. The molecule has 21 heavy (non-hydrogen) atoms. The smallest absolute Gasteiger partial charge is 0.127 e. The molecule has 2 rings (SSSR count). The normalized spacial score (nSPS) is 12.2. The van der Waals surface area contributed by atoms with Crippen molar-refractivity contribution in [3.8, 4) is 11.5 Å². The molecular weight excluding hydrogens is 326 g/mol. The first-order chi connectivity index (χ1) is 9.99. The molecule has 0 aliphatic heterocycles. The number of aryl methyl sites for hydroxylation is 2. The summed E-state index contributed by atoms with van der Waals surface area (Å²) in [6.07, 6.45) is 1.91. The second-order valence-electron chi connectivity index (χ2n) is 5.47. The number of hydrogen-bond acceptors (Lipinski definition) is 2. The van der Waals surface area contributed by atoms with Gasteiger partial charge in [-0.05, 0) is 73.7 Å². The van der Waals surface area contributed by atoms with Crippen LogP contribution < -0.4 is 10.5 Å². The van der Waals surface area contributed by atoms with Crippen molar-refractivity contribution < 1.29 is 4.74 Å². The first-order valence-electron chi connectivity index (χ1n) is 7.28. The van der Waals surface area contributed by atoms with Crippen LogP contribution in [0.1, 0.15) is 30.0 Å². The van der Waals surface area contributed by atoms with Crippen LogP contribution in [0.4, 0.5) is 0 Å². The van der Waals surface area contributed by atoms with Crippen LogP contribution in [0.15, 0.2) is 40.9 Å². The fraction of sp³-hybridized carbons (Fsp3) is 0.333. The second-order valence-corrected chi connectivity index (χ2v) is 6.33. The van der Waals surface area contributed by atoms with Gasteiger partial charge in [0.2, 0.25) is 0 Å². The van der Waals surface area contributed by atoms with Gasteiger partial charge in [0.15, 0.2) is 0 Å². The van der Waals surface area contributed by atoms with E-state index in [9.17, 15) is 0 Å². The Morgan fingerprint density at radius 2 is 1.67 bits per heavy atom. The number of nitrogens with two attached hydrogens (primary N) is 1. The van der Waals surface area contributed by atoms with Gasteiger partial charge in [0.25, 0.3) is 0 Å². The van der Waals surface area contributed by atoms with Crippen LogP contribution in [0.25, 0.3) is 0 Å². The Bertz CT molecular complexity index is 625. The van der Waals surface area contributed by atoms with E-state index in [1.54, 1.807) is 0 Å². The molecule has 0 radical (unpaired) electrons. The molecule has 0 bridgehead atoms. The maximum Gasteiger partial charge on any atom is 0.127 e. The van der Waals surface area contributed by atoms with Gasteiger partial charge in [0.05, 0.1) is 0 Å². The topological polar surface area (TPSA) is 35.2 Å². The third-order valence-corrected chi connectivity index (χ3v) is 4.58. The van der Waals surface area contributed by atoms with E-state index in [-0.39, 0.29) is 6.04 Å². The lowest BCUT2D eigenvalue weighted by Crippen LogP contribution is -2.21. The van der Waals surface area contributed by atoms with Crippen LogP contribution in [0.2, 0.25) is 0 Å². The number of halogens is 1. The lowest BCUT2D eigenvalue weighted by Gasteiger charge is -2.13. The van der Waals surface area contributed by atoms with E-state index in [0.717, 1.165) is 34.4 Å². The Hall–Kier alpha value is -1.32. The predicted octanol–water partition coefficient (Wildman–Crippen LogP) is 5.14. The van der Waals surface area contributed by atoms with Gasteiger partial charge in [0, 0.05) is 10.5 Å². The standard InChI is InChI=1S/C18H22BrNO/c1-4-15(20)11-14-5-6-16(9-12(14)2)21-17-7-8-18(19)13(3)10-17/h5-10,15H,4,11,20H2,1-3H3. The molecule has 1 atom stereocenters. The van der Waals surface area contributed by atoms with E-state index in [0.29, 0.717) is 0 Å². The molecule has 1 unspecified atom stereocenters. The minimum atomic E-state index is 0.226. The monoisotopic (exact) mass is 347 g/mol. The van der Waals surface area contributed by atoms with Gasteiger partial charge in [-0.15, -0.1) is 0 Å². The maximum atomic E-state index is 6.03. The Morgan fingerprint density at radius 1 is 1.05 bits per heavy atom. The van der Waals surface area contributed by atoms with Crippen LogP contribution in [0.5, 0.6) is 11.5 Å². The lowest BCUT2D eigenvalue weighted by molar-refractivity contribution is 0.481.